The Bertz CT molecular complexity index is 1070. The van der Waals surface area contributed by atoms with E-state index < -0.39 is 11.7 Å². The van der Waals surface area contributed by atoms with Crippen molar-refractivity contribution < 1.29 is 9.18 Å². The van der Waals surface area contributed by atoms with Crippen LogP contribution in [0.3, 0.4) is 0 Å². The van der Waals surface area contributed by atoms with Crippen LogP contribution >= 0.6 is 23.2 Å². The molecule has 0 spiro atoms. The normalized spacial score (nSPS) is 26.6. The number of rotatable bonds is 3. The van der Waals surface area contributed by atoms with Crippen LogP contribution in [0.4, 0.5) is 10.1 Å². The molecule has 2 aromatic rings. The summed E-state index contributed by atoms with van der Waals surface area (Å²) >= 11 is 12.4. The lowest BCUT2D eigenvalue weighted by Gasteiger charge is -2.39. The number of carbonyl (C=O) groups excluding carboxylic acids is 1. The molecule has 1 aliphatic carbocycles. The maximum atomic E-state index is 15.2. The molecule has 2 unspecified atom stereocenters. The van der Waals surface area contributed by atoms with Gasteiger partial charge in [-0.2, -0.15) is 0 Å². The summed E-state index contributed by atoms with van der Waals surface area (Å²) in [5.41, 5.74) is 2.17. The second-order valence-electron chi connectivity index (χ2n) is 9.23. The maximum absolute atomic E-state index is 15.2. The molecular formula is C25H28BCl2FN3O. The minimum atomic E-state index is -0.541. The van der Waals surface area contributed by atoms with Gasteiger partial charge in [0.2, 0.25) is 5.91 Å². The Morgan fingerprint density at radius 2 is 2.00 bits per heavy atom. The van der Waals surface area contributed by atoms with Crippen LogP contribution in [0.25, 0.3) is 0 Å². The minimum Gasteiger partial charge on any atom is -0.325 e. The molecule has 2 aromatic carbocycles. The molecule has 1 aliphatic heterocycles. The van der Waals surface area contributed by atoms with E-state index in [9.17, 15) is 10.2 Å². The van der Waals surface area contributed by atoms with Crippen LogP contribution in [-0.2, 0) is 11.2 Å². The minimum absolute atomic E-state index is 0.0422. The van der Waals surface area contributed by atoms with Crippen molar-refractivity contribution in [1.29, 1.82) is 5.41 Å². The summed E-state index contributed by atoms with van der Waals surface area (Å²) in [4.78, 5) is 15.2. The van der Waals surface area contributed by atoms with Gasteiger partial charge in [-0.25, -0.2) is 4.39 Å². The fourth-order valence-corrected chi connectivity index (χ4v) is 5.64. The number of carbonyl (C=O) groups is 1. The van der Waals surface area contributed by atoms with E-state index in [0.29, 0.717) is 34.3 Å². The van der Waals surface area contributed by atoms with Crippen LogP contribution in [0.2, 0.25) is 16.9 Å². The number of benzene rings is 2. The first-order chi connectivity index (χ1) is 15.8. The average Bonchev–Trinajstić information content (AvgIpc) is 3.21. The number of halogens is 3. The maximum Gasteiger partial charge on any atom is 0.238 e. The summed E-state index contributed by atoms with van der Waals surface area (Å²) in [6.45, 7) is 4.29. The van der Waals surface area contributed by atoms with Crippen molar-refractivity contribution in [1.82, 2.24) is 4.90 Å². The molecule has 33 heavy (non-hydrogen) atoms. The third-order valence-corrected chi connectivity index (χ3v) is 7.48. The molecule has 1 heterocycles. The standard InChI is InChI=1S/C25H28BCl2FN3O/c1-14-6-9-17(10-14)32-13-22(33)31-21-12-16(27)8-7-15(21)11-19(24(30)25(32)26-2)18-4-3-5-20(28)23(18)29/h3-5,7-8,12,14,17,19,25,30H,6,9-11,13H2,1-2H3,(H,31,33)/t14-,17?,19+,25?/m1/s1. The van der Waals surface area contributed by atoms with Gasteiger partial charge in [-0.3, -0.25) is 9.69 Å². The van der Waals surface area contributed by atoms with Crippen LogP contribution in [0.5, 0.6) is 0 Å². The van der Waals surface area contributed by atoms with Gasteiger partial charge in [0.1, 0.15) is 13.1 Å². The predicted molar refractivity (Wildman–Crippen MR) is 135 cm³/mol. The summed E-state index contributed by atoms with van der Waals surface area (Å²) < 4.78 is 15.2. The van der Waals surface area contributed by atoms with Gasteiger partial charge >= 0.3 is 0 Å². The highest BCUT2D eigenvalue weighted by Crippen LogP contribution is 2.36. The number of anilines is 1. The molecule has 4 atom stereocenters. The zero-order valence-corrected chi connectivity index (χ0v) is 20.4. The van der Waals surface area contributed by atoms with Gasteiger partial charge < -0.3 is 10.7 Å². The Balaban J connectivity index is 1.83. The summed E-state index contributed by atoms with van der Waals surface area (Å²) in [6.07, 6.45) is 3.40. The Morgan fingerprint density at radius 1 is 1.21 bits per heavy atom. The van der Waals surface area contributed by atoms with E-state index in [0.717, 1.165) is 24.8 Å². The van der Waals surface area contributed by atoms with Gasteiger partial charge in [-0.1, -0.05) is 55.1 Å². The molecule has 0 bridgehead atoms. The summed E-state index contributed by atoms with van der Waals surface area (Å²) in [5, 5.41) is 12.8. The van der Waals surface area contributed by atoms with Crippen molar-refractivity contribution in [3.63, 3.8) is 0 Å². The predicted octanol–water partition coefficient (Wildman–Crippen LogP) is 6.00. The number of amides is 1. The highest BCUT2D eigenvalue weighted by atomic mass is 35.5. The van der Waals surface area contributed by atoms with Gasteiger partial charge in [0.15, 0.2) is 0 Å². The zero-order valence-electron chi connectivity index (χ0n) is 18.9. The van der Waals surface area contributed by atoms with Crippen molar-refractivity contribution >= 4 is 47.8 Å². The number of fused-ring (bicyclic) bond motifs is 1. The molecule has 0 aromatic heterocycles. The van der Waals surface area contributed by atoms with Crippen molar-refractivity contribution in [2.45, 2.75) is 57.3 Å². The first-order valence-electron chi connectivity index (χ1n) is 11.4. The fraction of sp³-hybridized carbons (Fsp3) is 0.440. The van der Waals surface area contributed by atoms with E-state index in [-0.39, 0.29) is 29.5 Å². The van der Waals surface area contributed by atoms with Crippen molar-refractivity contribution in [2.75, 3.05) is 11.9 Å². The van der Waals surface area contributed by atoms with Crippen molar-refractivity contribution in [3.8, 4) is 0 Å². The number of nitrogens with zero attached hydrogens (tertiary/aromatic N) is 1. The van der Waals surface area contributed by atoms with E-state index in [2.05, 4.69) is 17.1 Å². The number of hydrogen-bond donors (Lipinski definition) is 2. The molecule has 8 heteroatoms. The van der Waals surface area contributed by atoms with Crippen LogP contribution in [-0.4, -0.2) is 42.3 Å². The third-order valence-electron chi connectivity index (χ3n) is 6.96. The van der Waals surface area contributed by atoms with Gasteiger partial charge in [-0.15, -0.1) is 0 Å². The monoisotopic (exact) mass is 486 g/mol. The molecule has 4 rings (SSSR count). The quantitative estimate of drug-likeness (QED) is 0.522. The Hall–Kier alpha value is -1.89. The molecule has 1 fully saturated rings. The van der Waals surface area contributed by atoms with Crippen LogP contribution in [0.15, 0.2) is 36.4 Å². The molecule has 4 nitrogen and oxygen atoms in total. The molecule has 0 saturated heterocycles. The summed E-state index contributed by atoms with van der Waals surface area (Å²) in [5.74, 6) is -0.989. The highest BCUT2D eigenvalue weighted by molar-refractivity contribution is 6.43. The van der Waals surface area contributed by atoms with Crippen LogP contribution < -0.4 is 5.32 Å². The van der Waals surface area contributed by atoms with Gasteiger partial charge in [0, 0.05) is 34.3 Å². The summed E-state index contributed by atoms with van der Waals surface area (Å²) in [6, 6.07) is 10.4. The first-order valence-corrected chi connectivity index (χ1v) is 12.2. The highest BCUT2D eigenvalue weighted by Gasteiger charge is 2.38. The Kier molecular flexibility index (Phi) is 7.47. The second-order valence-corrected chi connectivity index (χ2v) is 10.1. The van der Waals surface area contributed by atoms with E-state index >= 15 is 4.39 Å². The van der Waals surface area contributed by atoms with E-state index in [1.807, 2.05) is 20.2 Å². The lowest BCUT2D eigenvalue weighted by atomic mass is 9.64. The topological polar surface area (TPSA) is 56.2 Å². The zero-order chi connectivity index (χ0) is 23.7. The molecule has 2 aliphatic rings. The van der Waals surface area contributed by atoms with Crippen molar-refractivity contribution in [2.24, 2.45) is 5.92 Å². The fourth-order valence-electron chi connectivity index (χ4n) is 5.28. The lowest BCUT2D eigenvalue weighted by Crippen LogP contribution is -2.53. The van der Waals surface area contributed by atoms with Crippen molar-refractivity contribution in [3.05, 3.63) is 63.4 Å². The average molecular weight is 487 g/mol. The van der Waals surface area contributed by atoms with E-state index in [1.54, 1.807) is 24.3 Å². The smallest absolute Gasteiger partial charge is 0.238 e. The third kappa shape index (κ3) is 5.13. The number of nitrogens with one attached hydrogen (secondary N) is 2. The van der Waals surface area contributed by atoms with E-state index in [4.69, 9.17) is 23.2 Å². The molecule has 1 radical (unpaired) electrons. The second kappa shape index (κ2) is 10.2. The summed E-state index contributed by atoms with van der Waals surface area (Å²) in [7, 11) is 1.96. The van der Waals surface area contributed by atoms with Crippen LogP contribution in [0, 0.1) is 17.1 Å². The molecule has 2 N–H and O–H groups in total. The van der Waals surface area contributed by atoms with E-state index in [1.165, 1.54) is 6.07 Å². The number of hydrogen-bond acceptors (Lipinski definition) is 3. The first kappa shape index (κ1) is 24.2. The van der Waals surface area contributed by atoms with Gasteiger partial charge in [0.25, 0.3) is 0 Å². The lowest BCUT2D eigenvalue weighted by molar-refractivity contribution is -0.117. The molecule has 1 amide bonds. The molecular weight excluding hydrogens is 459 g/mol. The van der Waals surface area contributed by atoms with Crippen LogP contribution in [0.1, 0.15) is 43.2 Å². The largest absolute Gasteiger partial charge is 0.325 e. The van der Waals surface area contributed by atoms with Gasteiger partial charge in [-0.05, 0) is 60.9 Å². The molecule has 173 valence electrons. The Morgan fingerprint density at radius 3 is 2.70 bits per heavy atom. The Labute approximate surface area is 205 Å². The SMILES string of the molecule is C[B]C1C(=N)[C@H](c2cccc(Cl)c2F)Cc2ccc(Cl)cc2NC(=O)CN1C1CC[C@@H](C)C1. The van der Waals surface area contributed by atoms with Gasteiger partial charge in [0.05, 0.1) is 11.6 Å². The molecule has 1 saturated carbocycles.